The lowest BCUT2D eigenvalue weighted by molar-refractivity contribution is 0.184. The van der Waals surface area contributed by atoms with Gasteiger partial charge in [-0.3, -0.25) is 4.79 Å². The van der Waals surface area contributed by atoms with Crippen LogP contribution in [0.1, 0.15) is 31.0 Å². The van der Waals surface area contributed by atoms with E-state index in [4.69, 9.17) is 9.97 Å². The van der Waals surface area contributed by atoms with E-state index in [-0.39, 0.29) is 12.2 Å². The number of anilines is 3. The number of allylic oxidation sites excluding steroid dienone is 1. The molecule has 4 heterocycles. The Bertz CT molecular complexity index is 1600. The molecule has 1 aliphatic carbocycles. The van der Waals surface area contributed by atoms with Crippen molar-refractivity contribution in [2.75, 3.05) is 50.1 Å². The Balaban J connectivity index is 1.37. The minimum Gasteiger partial charge on any atom is -0.395 e. The van der Waals surface area contributed by atoms with Crippen molar-refractivity contribution in [2.24, 2.45) is 0 Å². The van der Waals surface area contributed by atoms with Crippen LogP contribution >= 0.6 is 0 Å². The van der Waals surface area contributed by atoms with Crippen molar-refractivity contribution in [3.05, 3.63) is 76.9 Å². The van der Waals surface area contributed by atoms with Gasteiger partial charge in [-0.1, -0.05) is 19.1 Å². The summed E-state index contributed by atoms with van der Waals surface area (Å²) in [6.45, 7) is 10.3. The molecule has 10 nitrogen and oxygen atoms in total. The fourth-order valence-corrected chi connectivity index (χ4v) is 5.82. The molecule has 0 bridgehead atoms. The highest BCUT2D eigenvalue weighted by atomic mass is 16.3. The molecule has 0 saturated carbocycles. The Morgan fingerprint density at radius 2 is 1.88 bits per heavy atom. The Labute approximate surface area is 233 Å². The molecule has 4 aromatic rings. The number of hydrogen-bond donors (Lipinski definition) is 2. The van der Waals surface area contributed by atoms with E-state index in [9.17, 15) is 9.90 Å². The van der Waals surface area contributed by atoms with Gasteiger partial charge in [0.15, 0.2) is 11.5 Å². The van der Waals surface area contributed by atoms with Gasteiger partial charge in [0.2, 0.25) is 5.95 Å². The standard InChI is InChI=1S/C30H36N8O2/c1-4-14-37-28(40)24-19-31-29(32-22-8-10-23(11-9-22)36-17-15-35(3)16-18-36)34-27(24)38(37)25-12-7-21-6-5-13-30(2,20-39)26(21)33-25/h4,7-12,19,39H,1,5-6,13-18,20H2,2-3H3,(H,31,32,34)/t30-/m0/s1. The summed E-state index contributed by atoms with van der Waals surface area (Å²) in [5.74, 6) is 0.970. The van der Waals surface area contributed by atoms with E-state index in [1.165, 1.54) is 5.69 Å². The van der Waals surface area contributed by atoms with Crippen LogP contribution in [0.5, 0.6) is 0 Å². The van der Waals surface area contributed by atoms with Crippen LogP contribution in [0.15, 0.2) is 60.0 Å². The molecule has 6 rings (SSSR count). The Morgan fingerprint density at radius 3 is 2.60 bits per heavy atom. The summed E-state index contributed by atoms with van der Waals surface area (Å²) in [5.41, 5.74) is 3.91. The molecule has 0 spiro atoms. The van der Waals surface area contributed by atoms with Crippen LogP contribution < -0.4 is 15.8 Å². The van der Waals surface area contributed by atoms with Crippen molar-refractivity contribution >= 4 is 28.4 Å². The molecule has 0 radical (unpaired) electrons. The van der Waals surface area contributed by atoms with Crippen LogP contribution in [0.3, 0.4) is 0 Å². The first-order chi connectivity index (χ1) is 19.4. The van der Waals surface area contributed by atoms with Crippen LogP contribution in [0.4, 0.5) is 17.3 Å². The lowest BCUT2D eigenvalue weighted by Crippen LogP contribution is -2.44. The second kappa shape index (κ2) is 10.5. The number of fused-ring (bicyclic) bond motifs is 2. The molecule has 2 N–H and O–H groups in total. The molecule has 1 aliphatic heterocycles. The monoisotopic (exact) mass is 540 g/mol. The van der Waals surface area contributed by atoms with Crippen molar-refractivity contribution in [1.82, 2.24) is 29.2 Å². The molecule has 208 valence electrons. The summed E-state index contributed by atoms with van der Waals surface area (Å²) >= 11 is 0. The number of aryl methyl sites for hydroxylation is 1. The number of hydrogen-bond acceptors (Lipinski definition) is 8. The van der Waals surface area contributed by atoms with E-state index < -0.39 is 5.41 Å². The summed E-state index contributed by atoms with van der Waals surface area (Å²) < 4.78 is 3.32. The van der Waals surface area contributed by atoms with E-state index in [1.54, 1.807) is 21.6 Å². The molecule has 40 heavy (non-hydrogen) atoms. The van der Waals surface area contributed by atoms with Gasteiger partial charge in [0.1, 0.15) is 5.39 Å². The lowest BCUT2D eigenvalue weighted by Gasteiger charge is -2.34. The van der Waals surface area contributed by atoms with Crippen molar-refractivity contribution in [1.29, 1.82) is 0 Å². The van der Waals surface area contributed by atoms with Crippen LogP contribution in [-0.2, 0) is 18.4 Å². The van der Waals surface area contributed by atoms with Gasteiger partial charge in [0.05, 0.1) is 18.8 Å². The van der Waals surface area contributed by atoms with Gasteiger partial charge in [-0.15, -0.1) is 6.58 Å². The minimum absolute atomic E-state index is 0.0200. The second-order valence-corrected chi connectivity index (χ2v) is 11.1. The Morgan fingerprint density at radius 1 is 1.10 bits per heavy atom. The molecule has 3 aromatic heterocycles. The number of aliphatic hydroxyl groups is 1. The fraction of sp³-hybridized carbons (Fsp3) is 0.400. The number of nitrogens with zero attached hydrogens (tertiary/aromatic N) is 7. The third-order valence-electron chi connectivity index (χ3n) is 8.25. The summed E-state index contributed by atoms with van der Waals surface area (Å²) in [5, 5.41) is 13.9. The second-order valence-electron chi connectivity index (χ2n) is 11.1. The van der Waals surface area contributed by atoms with E-state index in [1.807, 2.05) is 25.1 Å². The van der Waals surface area contributed by atoms with Crippen LogP contribution in [0.2, 0.25) is 0 Å². The van der Waals surface area contributed by atoms with E-state index in [2.05, 4.69) is 51.9 Å². The van der Waals surface area contributed by atoms with Crippen LogP contribution in [0, 0.1) is 0 Å². The van der Waals surface area contributed by atoms with E-state index in [0.29, 0.717) is 29.3 Å². The lowest BCUT2D eigenvalue weighted by atomic mass is 9.75. The predicted octanol–water partition coefficient (Wildman–Crippen LogP) is 3.24. The smallest absolute Gasteiger partial charge is 0.278 e. The van der Waals surface area contributed by atoms with Gasteiger partial charge >= 0.3 is 0 Å². The van der Waals surface area contributed by atoms with Crippen molar-refractivity contribution in [3.8, 4) is 5.82 Å². The summed E-state index contributed by atoms with van der Waals surface area (Å²) in [4.78, 5) is 32.4. The van der Waals surface area contributed by atoms with Crippen molar-refractivity contribution in [2.45, 2.75) is 38.1 Å². The number of piperazine rings is 1. The largest absolute Gasteiger partial charge is 0.395 e. The maximum atomic E-state index is 13.4. The maximum absolute atomic E-state index is 13.4. The number of nitrogens with one attached hydrogen (secondary N) is 1. The first-order valence-corrected chi connectivity index (χ1v) is 13.9. The molecular weight excluding hydrogens is 504 g/mol. The van der Waals surface area contributed by atoms with Gasteiger partial charge in [0, 0.05) is 49.2 Å². The highest BCUT2D eigenvalue weighted by Gasteiger charge is 2.33. The minimum atomic E-state index is -0.423. The number of aromatic nitrogens is 5. The number of pyridine rings is 1. The highest BCUT2D eigenvalue weighted by molar-refractivity contribution is 5.77. The highest BCUT2D eigenvalue weighted by Crippen LogP contribution is 2.36. The summed E-state index contributed by atoms with van der Waals surface area (Å²) in [6.07, 6.45) is 6.05. The zero-order chi connectivity index (χ0) is 27.9. The summed E-state index contributed by atoms with van der Waals surface area (Å²) in [7, 11) is 2.15. The number of benzene rings is 1. The van der Waals surface area contributed by atoms with E-state index in [0.717, 1.165) is 62.4 Å². The van der Waals surface area contributed by atoms with Gasteiger partial charge in [-0.05, 0) is 62.2 Å². The zero-order valence-electron chi connectivity index (χ0n) is 23.2. The normalized spacial score (nSPS) is 19.5. The Hall–Kier alpha value is -4.02. The molecule has 0 amide bonds. The third-order valence-corrected chi connectivity index (χ3v) is 8.25. The first kappa shape index (κ1) is 26.2. The average molecular weight is 541 g/mol. The number of likely N-dealkylation sites (N-methyl/N-ethyl adjacent to an activating group) is 1. The molecule has 10 heteroatoms. The maximum Gasteiger partial charge on any atom is 0.278 e. The number of rotatable bonds is 7. The molecular formula is C30H36N8O2. The van der Waals surface area contributed by atoms with Crippen molar-refractivity contribution < 1.29 is 5.11 Å². The SMILES string of the molecule is C=CCn1c(=O)c2cnc(Nc3ccc(N4CCN(C)CC4)cc3)nc2n1-c1ccc2c(n1)[C@](C)(CO)CCC2. The van der Waals surface area contributed by atoms with Crippen LogP contribution in [-0.4, -0.2) is 74.2 Å². The predicted molar refractivity (Wildman–Crippen MR) is 158 cm³/mol. The van der Waals surface area contributed by atoms with Gasteiger partial charge in [-0.2, -0.15) is 4.98 Å². The van der Waals surface area contributed by atoms with Gasteiger partial charge < -0.3 is 20.2 Å². The molecule has 1 aromatic carbocycles. The molecule has 1 fully saturated rings. The Kier molecular flexibility index (Phi) is 6.89. The average Bonchev–Trinajstić information content (AvgIpc) is 3.24. The molecule has 1 saturated heterocycles. The molecule has 2 aliphatic rings. The topological polar surface area (TPSA) is 104 Å². The van der Waals surface area contributed by atoms with Crippen molar-refractivity contribution in [3.63, 3.8) is 0 Å². The van der Waals surface area contributed by atoms with Gasteiger partial charge in [0.25, 0.3) is 5.56 Å². The summed E-state index contributed by atoms with van der Waals surface area (Å²) in [6, 6.07) is 12.2. The van der Waals surface area contributed by atoms with Crippen LogP contribution in [0.25, 0.3) is 16.9 Å². The number of aliphatic hydroxyl groups excluding tert-OH is 1. The third kappa shape index (κ3) is 4.67. The van der Waals surface area contributed by atoms with E-state index >= 15 is 0 Å². The molecule has 0 unspecified atom stereocenters. The quantitative estimate of drug-likeness (QED) is 0.345. The zero-order valence-corrected chi connectivity index (χ0v) is 23.2. The first-order valence-electron chi connectivity index (χ1n) is 13.9. The van der Waals surface area contributed by atoms with Gasteiger partial charge in [-0.25, -0.2) is 19.3 Å². The molecule has 1 atom stereocenters. The fourth-order valence-electron chi connectivity index (χ4n) is 5.82.